The van der Waals surface area contributed by atoms with Crippen LogP contribution in [0.4, 0.5) is 0 Å². The van der Waals surface area contributed by atoms with Crippen LogP contribution in [-0.2, 0) is 4.74 Å². The van der Waals surface area contributed by atoms with Gasteiger partial charge in [-0.25, -0.2) is 0 Å². The van der Waals surface area contributed by atoms with Gasteiger partial charge in [-0.1, -0.05) is 5.16 Å². The predicted octanol–water partition coefficient (Wildman–Crippen LogP) is -0.0164. The van der Waals surface area contributed by atoms with Crippen molar-refractivity contribution in [3.05, 3.63) is 12.2 Å². The number of hydrogen-bond donors (Lipinski definition) is 0. The largest absolute Gasteiger partial charge is 0.380 e. The Morgan fingerprint density at radius 1 is 1.56 bits per heavy atom. The van der Waals surface area contributed by atoms with E-state index in [1.807, 2.05) is 0 Å². The molecule has 0 bridgehead atoms. The molecule has 0 amide bonds. The summed E-state index contributed by atoms with van der Waals surface area (Å²) in [5.41, 5.74) is 0. The Morgan fingerprint density at radius 3 is 2.89 bits per heavy atom. The molecule has 47 valence electrons. The van der Waals surface area contributed by atoms with Crippen LogP contribution in [0, 0.1) is 6.33 Å². The summed E-state index contributed by atoms with van der Waals surface area (Å²) in [5, 5.41) is 3.36. The highest BCUT2D eigenvalue weighted by Gasteiger charge is 2.25. The lowest BCUT2D eigenvalue weighted by atomic mass is 10.1. The van der Waals surface area contributed by atoms with Crippen molar-refractivity contribution in [3.8, 4) is 0 Å². The molecule has 1 aliphatic heterocycles. The Hall–Kier alpha value is -0.900. The molecule has 1 aromatic heterocycles. The van der Waals surface area contributed by atoms with Crippen LogP contribution in [0.15, 0.2) is 4.52 Å². The predicted molar refractivity (Wildman–Crippen MR) is 26.7 cm³/mol. The van der Waals surface area contributed by atoms with Crippen molar-refractivity contribution < 1.29 is 9.26 Å². The molecule has 0 aliphatic carbocycles. The highest BCUT2D eigenvalue weighted by atomic mass is 16.5. The first-order valence-electron chi connectivity index (χ1n) is 2.74. The van der Waals surface area contributed by atoms with Crippen molar-refractivity contribution in [3.63, 3.8) is 0 Å². The quantitative estimate of drug-likeness (QED) is 0.529. The van der Waals surface area contributed by atoms with E-state index in [0.717, 1.165) is 0 Å². The lowest BCUT2D eigenvalue weighted by molar-refractivity contribution is -0.00445. The van der Waals surface area contributed by atoms with Crippen LogP contribution < -0.4 is 0 Å². The first-order valence-corrected chi connectivity index (χ1v) is 2.74. The molecular weight excluding hydrogens is 120 g/mol. The summed E-state index contributed by atoms with van der Waals surface area (Å²) in [6.07, 6.45) is 2.36. The number of nitrogens with zero attached hydrogens (tertiary/aromatic N) is 2. The van der Waals surface area contributed by atoms with Crippen molar-refractivity contribution in [2.45, 2.75) is 5.92 Å². The SMILES string of the molecule is [c]1noc(C2COC2)n1. The van der Waals surface area contributed by atoms with Crippen LogP contribution >= 0.6 is 0 Å². The minimum atomic E-state index is 0.323. The van der Waals surface area contributed by atoms with Crippen molar-refractivity contribution in [1.82, 2.24) is 10.1 Å². The fourth-order valence-electron chi connectivity index (χ4n) is 0.701. The van der Waals surface area contributed by atoms with E-state index >= 15 is 0 Å². The maximum atomic E-state index is 4.92. The standard InChI is InChI=1S/C5H5N2O2/c1-4(2-8-1)5-6-3-7-9-5/h4H,1-2H2. The van der Waals surface area contributed by atoms with Gasteiger partial charge in [0.15, 0.2) is 0 Å². The minimum Gasteiger partial charge on any atom is -0.380 e. The molecule has 1 aromatic rings. The molecule has 4 heteroatoms. The Bertz CT molecular complexity index is 181. The summed E-state index contributed by atoms with van der Waals surface area (Å²) < 4.78 is 9.66. The molecular formula is C5H5N2O2. The molecule has 1 aliphatic rings. The van der Waals surface area contributed by atoms with E-state index in [9.17, 15) is 0 Å². The fraction of sp³-hybridized carbons (Fsp3) is 0.600. The van der Waals surface area contributed by atoms with Gasteiger partial charge in [-0.2, -0.15) is 4.98 Å². The van der Waals surface area contributed by atoms with Gasteiger partial charge in [-0.15, -0.1) is 0 Å². The summed E-state index contributed by atoms with van der Waals surface area (Å²) in [6, 6.07) is 0. The van der Waals surface area contributed by atoms with Crippen molar-refractivity contribution in [1.29, 1.82) is 0 Å². The second kappa shape index (κ2) is 1.80. The van der Waals surface area contributed by atoms with Gasteiger partial charge < -0.3 is 9.26 Å². The Balaban J connectivity index is 2.14. The first-order chi connectivity index (χ1) is 4.47. The maximum absolute atomic E-state index is 4.92. The molecule has 0 N–H and O–H groups in total. The second-order valence-corrected chi connectivity index (χ2v) is 1.97. The van der Waals surface area contributed by atoms with Gasteiger partial charge in [0.25, 0.3) is 0 Å². The first kappa shape index (κ1) is 4.93. The summed E-state index contributed by atoms with van der Waals surface area (Å²) in [5.74, 6) is 0.963. The summed E-state index contributed by atoms with van der Waals surface area (Å²) in [7, 11) is 0. The van der Waals surface area contributed by atoms with Crippen LogP contribution in [0.25, 0.3) is 0 Å². The van der Waals surface area contributed by atoms with E-state index in [1.165, 1.54) is 0 Å². The summed E-state index contributed by atoms with van der Waals surface area (Å²) in [4.78, 5) is 3.76. The maximum Gasteiger partial charge on any atom is 0.243 e. The van der Waals surface area contributed by atoms with E-state index in [4.69, 9.17) is 9.26 Å². The van der Waals surface area contributed by atoms with E-state index in [2.05, 4.69) is 16.5 Å². The highest BCUT2D eigenvalue weighted by molar-refractivity contribution is 4.92. The molecule has 0 aromatic carbocycles. The van der Waals surface area contributed by atoms with Gasteiger partial charge in [0.2, 0.25) is 12.2 Å². The number of rotatable bonds is 1. The average molecular weight is 125 g/mol. The zero-order chi connectivity index (χ0) is 6.10. The molecule has 4 nitrogen and oxygen atoms in total. The van der Waals surface area contributed by atoms with Gasteiger partial charge >= 0.3 is 0 Å². The van der Waals surface area contributed by atoms with Crippen LogP contribution in [0.3, 0.4) is 0 Å². The molecule has 1 fully saturated rings. The fourth-order valence-corrected chi connectivity index (χ4v) is 0.701. The molecule has 2 heterocycles. The molecule has 2 rings (SSSR count). The smallest absolute Gasteiger partial charge is 0.243 e. The van der Waals surface area contributed by atoms with E-state index in [0.29, 0.717) is 25.0 Å². The summed E-state index contributed by atoms with van der Waals surface area (Å²) >= 11 is 0. The van der Waals surface area contributed by atoms with Gasteiger partial charge in [-0.05, 0) is 0 Å². The number of ether oxygens (including phenoxy) is 1. The van der Waals surface area contributed by atoms with E-state index < -0.39 is 0 Å². The van der Waals surface area contributed by atoms with Gasteiger partial charge in [0.05, 0.1) is 19.1 Å². The van der Waals surface area contributed by atoms with E-state index in [1.54, 1.807) is 0 Å². The molecule has 1 saturated heterocycles. The molecule has 0 saturated carbocycles. The van der Waals surface area contributed by atoms with Crippen molar-refractivity contribution in [2.75, 3.05) is 13.2 Å². The molecule has 0 atom stereocenters. The lowest BCUT2D eigenvalue weighted by Gasteiger charge is -2.21. The molecule has 9 heavy (non-hydrogen) atoms. The Labute approximate surface area is 51.8 Å². The van der Waals surface area contributed by atoms with Crippen molar-refractivity contribution >= 4 is 0 Å². The Kier molecular flexibility index (Phi) is 0.989. The third kappa shape index (κ3) is 0.712. The van der Waals surface area contributed by atoms with Gasteiger partial charge in [-0.3, -0.25) is 0 Å². The zero-order valence-corrected chi connectivity index (χ0v) is 4.70. The zero-order valence-electron chi connectivity index (χ0n) is 4.70. The van der Waals surface area contributed by atoms with Crippen LogP contribution in [-0.4, -0.2) is 23.4 Å². The van der Waals surface area contributed by atoms with Crippen LogP contribution in [0.2, 0.25) is 0 Å². The monoisotopic (exact) mass is 125 g/mol. The van der Waals surface area contributed by atoms with Crippen molar-refractivity contribution in [2.24, 2.45) is 0 Å². The third-order valence-electron chi connectivity index (χ3n) is 1.33. The summed E-state index contributed by atoms with van der Waals surface area (Å²) in [6.45, 7) is 1.41. The Morgan fingerprint density at radius 2 is 2.44 bits per heavy atom. The highest BCUT2D eigenvalue weighted by Crippen LogP contribution is 2.20. The number of hydrogen-bond acceptors (Lipinski definition) is 4. The van der Waals surface area contributed by atoms with Crippen LogP contribution in [0.5, 0.6) is 0 Å². The van der Waals surface area contributed by atoms with Crippen LogP contribution in [0.1, 0.15) is 11.8 Å². The van der Waals surface area contributed by atoms with E-state index in [-0.39, 0.29) is 0 Å². The second-order valence-electron chi connectivity index (χ2n) is 1.97. The van der Waals surface area contributed by atoms with Gasteiger partial charge in [0, 0.05) is 0 Å². The van der Waals surface area contributed by atoms with Gasteiger partial charge in [0.1, 0.15) is 0 Å². The average Bonchev–Trinajstić information content (AvgIpc) is 2.11. The molecule has 0 unspecified atom stereocenters. The molecule has 0 spiro atoms. The topological polar surface area (TPSA) is 48.2 Å². The minimum absolute atomic E-state index is 0.323. The lowest BCUT2D eigenvalue weighted by Crippen LogP contribution is -2.25. The molecule has 1 radical (unpaired) electrons. The number of aromatic nitrogens is 2. The third-order valence-corrected chi connectivity index (χ3v) is 1.33. The normalized spacial score (nSPS) is 19.6.